The normalized spacial score (nSPS) is 13.2. The average molecular weight is 443 g/mol. The molecule has 0 spiro atoms. The van der Waals surface area contributed by atoms with Gasteiger partial charge in [0.2, 0.25) is 0 Å². The van der Waals surface area contributed by atoms with Crippen LogP contribution in [0.5, 0.6) is 0 Å². The minimum Gasteiger partial charge on any atom is -0.350 e. The number of benzene rings is 1. The number of carbonyl (C=O) groups excluding carboxylic acids is 1. The zero-order chi connectivity index (χ0) is 23.0. The second-order valence-corrected chi connectivity index (χ2v) is 11.2. The summed E-state index contributed by atoms with van der Waals surface area (Å²) in [6.07, 6.45) is -3.16. The van der Waals surface area contributed by atoms with Crippen LogP contribution in [0.1, 0.15) is 56.2 Å². The molecule has 0 bridgehead atoms. The highest BCUT2D eigenvalue weighted by atomic mass is 32.2. The van der Waals surface area contributed by atoms with Crippen LogP contribution in [0.2, 0.25) is 0 Å². The maximum absolute atomic E-state index is 13.0. The molecular formula is C21H25F3N2O3S. The molecule has 0 aliphatic carbocycles. The van der Waals surface area contributed by atoms with E-state index in [1.807, 2.05) is 20.8 Å². The predicted octanol–water partition coefficient (Wildman–Crippen LogP) is 4.38. The van der Waals surface area contributed by atoms with Crippen LogP contribution in [0.3, 0.4) is 0 Å². The largest absolute Gasteiger partial charge is 0.416 e. The Bertz CT molecular complexity index is 1040. The highest BCUT2D eigenvalue weighted by Gasteiger charge is 2.38. The van der Waals surface area contributed by atoms with E-state index in [1.165, 1.54) is 26.1 Å². The van der Waals surface area contributed by atoms with Gasteiger partial charge < -0.3 is 5.32 Å². The fraction of sp³-hybridized carbons (Fsp3) is 0.429. The molecule has 0 aliphatic rings. The van der Waals surface area contributed by atoms with Gasteiger partial charge in [0.05, 0.1) is 15.2 Å². The van der Waals surface area contributed by atoms with Gasteiger partial charge in [-0.05, 0) is 44.2 Å². The fourth-order valence-corrected chi connectivity index (χ4v) is 4.07. The molecule has 164 valence electrons. The van der Waals surface area contributed by atoms with Gasteiger partial charge in [-0.3, -0.25) is 9.78 Å². The first kappa shape index (κ1) is 23.9. The third-order valence-corrected chi connectivity index (χ3v) is 7.14. The quantitative estimate of drug-likeness (QED) is 0.746. The van der Waals surface area contributed by atoms with Crippen molar-refractivity contribution in [2.75, 3.05) is 6.54 Å². The lowest BCUT2D eigenvalue weighted by Crippen LogP contribution is -2.44. The van der Waals surface area contributed by atoms with Crippen LogP contribution in [-0.4, -0.2) is 30.6 Å². The summed E-state index contributed by atoms with van der Waals surface area (Å²) in [6.45, 7) is 8.27. The Morgan fingerprint density at radius 3 is 2.23 bits per heavy atom. The summed E-state index contributed by atoms with van der Waals surface area (Å²) in [5.41, 5.74) is -0.300. The third kappa shape index (κ3) is 5.19. The second kappa shape index (κ2) is 8.02. The van der Waals surface area contributed by atoms with Crippen molar-refractivity contribution in [3.63, 3.8) is 0 Å². The van der Waals surface area contributed by atoms with Crippen LogP contribution >= 0.6 is 0 Å². The van der Waals surface area contributed by atoms with E-state index in [1.54, 1.807) is 6.07 Å². The molecule has 2 aromatic rings. The number of amides is 1. The Morgan fingerprint density at radius 1 is 1.03 bits per heavy atom. The second-order valence-electron chi connectivity index (χ2n) is 8.65. The van der Waals surface area contributed by atoms with Gasteiger partial charge in [-0.2, -0.15) is 13.2 Å². The summed E-state index contributed by atoms with van der Waals surface area (Å²) < 4.78 is 63.2. The zero-order valence-corrected chi connectivity index (χ0v) is 18.3. The number of hydrogen-bond acceptors (Lipinski definition) is 4. The van der Waals surface area contributed by atoms with Gasteiger partial charge in [0, 0.05) is 29.4 Å². The first-order chi connectivity index (χ1) is 13.6. The number of nitrogens with one attached hydrogen (secondary N) is 1. The topological polar surface area (TPSA) is 76.1 Å². The molecule has 1 heterocycles. The molecular weight excluding hydrogens is 417 g/mol. The van der Waals surface area contributed by atoms with Crippen LogP contribution in [0.25, 0.3) is 0 Å². The smallest absolute Gasteiger partial charge is 0.350 e. The Hall–Kier alpha value is -2.42. The van der Waals surface area contributed by atoms with Crippen LogP contribution in [0.15, 0.2) is 47.5 Å². The van der Waals surface area contributed by atoms with Crippen molar-refractivity contribution >= 4 is 15.7 Å². The van der Waals surface area contributed by atoms with E-state index in [4.69, 9.17) is 0 Å². The van der Waals surface area contributed by atoms with Crippen molar-refractivity contribution in [1.82, 2.24) is 10.3 Å². The third-order valence-electron chi connectivity index (χ3n) is 4.66. The first-order valence-electron chi connectivity index (χ1n) is 9.22. The summed E-state index contributed by atoms with van der Waals surface area (Å²) in [6, 6.07) is 6.73. The number of hydrogen-bond donors (Lipinski definition) is 1. The summed E-state index contributed by atoms with van der Waals surface area (Å²) in [5.74, 6) is -0.491. The van der Waals surface area contributed by atoms with Crippen molar-refractivity contribution < 1.29 is 26.4 Å². The lowest BCUT2D eigenvalue weighted by atomic mass is 9.91. The van der Waals surface area contributed by atoms with Gasteiger partial charge in [0.25, 0.3) is 5.91 Å². The molecule has 2 rings (SSSR count). The van der Waals surface area contributed by atoms with E-state index in [9.17, 15) is 26.4 Å². The molecule has 0 aliphatic heterocycles. The van der Waals surface area contributed by atoms with Crippen molar-refractivity contribution in [3.8, 4) is 0 Å². The highest BCUT2D eigenvalue weighted by molar-refractivity contribution is 7.92. The molecule has 1 N–H and O–H groups in total. The van der Waals surface area contributed by atoms with Gasteiger partial charge in [0.15, 0.2) is 9.84 Å². The number of nitrogens with zero attached hydrogens (tertiary/aromatic N) is 1. The molecule has 0 radical (unpaired) electrons. The fourth-order valence-electron chi connectivity index (χ4n) is 2.63. The SMILES string of the molecule is CC(C)(C)c1cc(C(=O)NCC(C)(C)S(=O)(=O)c2cccc(C(F)(F)F)c2)ccn1. The summed E-state index contributed by atoms with van der Waals surface area (Å²) in [4.78, 5) is 16.3. The van der Waals surface area contributed by atoms with Gasteiger partial charge >= 0.3 is 6.18 Å². The molecule has 0 unspecified atom stereocenters. The number of rotatable bonds is 5. The number of carbonyl (C=O) groups is 1. The minimum absolute atomic E-state index is 0.275. The highest BCUT2D eigenvalue weighted by Crippen LogP contribution is 2.33. The lowest BCUT2D eigenvalue weighted by molar-refractivity contribution is -0.137. The monoisotopic (exact) mass is 442 g/mol. The maximum atomic E-state index is 13.0. The number of alkyl halides is 3. The summed E-state index contributed by atoms with van der Waals surface area (Å²) in [7, 11) is -4.16. The number of pyridine rings is 1. The van der Waals surface area contributed by atoms with Crippen LogP contribution < -0.4 is 5.32 Å². The van der Waals surface area contributed by atoms with E-state index in [-0.39, 0.29) is 12.0 Å². The first-order valence-corrected chi connectivity index (χ1v) is 10.7. The summed E-state index contributed by atoms with van der Waals surface area (Å²) >= 11 is 0. The molecule has 0 saturated heterocycles. The molecule has 0 saturated carbocycles. The molecule has 30 heavy (non-hydrogen) atoms. The number of halogens is 3. The van der Waals surface area contributed by atoms with Crippen molar-refractivity contribution in [3.05, 3.63) is 59.4 Å². The van der Waals surface area contributed by atoms with Crippen LogP contribution in [0, 0.1) is 0 Å². The minimum atomic E-state index is -4.66. The molecule has 1 aromatic carbocycles. The Kier molecular flexibility index (Phi) is 6.37. The molecule has 1 aromatic heterocycles. The Balaban J connectivity index is 2.23. The maximum Gasteiger partial charge on any atom is 0.416 e. The van der Waals surface area contributed by atoms with Crippen LogP contribution in [-0.2, 0) is 21.4 Å². The van der Waals surface area contributed by atoms with E-state index in [0.717, 1.165) is 18.2 Å². The molecule has 9 heteroatoms. The molecule has 0 atom stereocenters. The van der Waals surface area contributed by atoms with E-state index >= 15 is 0 Å². The Labute approximate surface area is 174 Å². The van der Waals surface area contributed by atoms with Crippen molar-refractivity contribution in [1.29, 1.82) is 0 Å². The van der Waals surface area contributed by atoms with Crippen LogP contribution in [0.4, 0.5) is 13.2 Å². The van der Waals surface area contributed by atoms with Gasteiger partial charge in [-0.1, -0.05) is 26.8 Å². The van der Waals surface area contributed by atoms with Gasteiger partial charge in [-0.15, -0.1) is 0 Å². The van der Waals surface area contributed by atoms with E-state index in [2.05, 4.69) is 10.3 Å². The van der Waals surface area contributed by atoms with E-state index < -0.39 is 37.1 Å². The van der Waals surface area contributed by atoms with Crippen molar-refractivity contribution in [2.24, 2.45) is 0 Å². The standard InChI is InChI=1S/C21H25F3N2O3S/c1-19(2,3)17-11-14(9-10-25-17)18(27)26-13-20(4,5)30(28,29)16-8-6-7-15(12-16)21(22,23)24/h6-12H,13H2,1-5H3,(H,26,27). The Morgan fingerprint density at radius 2 is 1.67 bits per heavy atom. The lowest BCUT2D eigenvalue weighted by Gasteiger charge is -2.26. The zero-order valence-electron chi connectivity index (χ0n) is 17.5. The van der Waals surface area contributed by atoms with E-state index in [0.29, 0.717) is 17.3 Å². The molecule has 0 fully saturated rings. The number of aromatic nitrogens is 1. The molecule has 5 nitrogen and oxygen atoms in total. The average Bonchev–Trinajstić information content (AvgIpc) is 2.65. The molecule has 1 amide bonds. The predicted molar refractivity (Wildman–Crippen MR) is 108 cm³/mol. The van der Waals surface area contributed by atoms with Gasteiger partial charge in [-0.25, -0.2) is 8.42 Å². The van der Waals surface area contributed by atoms with Crippen molar-refractivity contribution in [2.45, 2.75) is 55.9 Å². The van der Waals surface area contributed by atoms with Gasteiger partial charge in [0.1, 0.15) is 0 Å². The number of sulfone groups is 1. The summed E-state index contributed by atoms with van der Waals surface area (Å²) in [5, 5.41) is 2.57.